The standard InChI is InChI=1S/C29H28N2O4.C23H28N2O4.C22H26N2O/c1-5-21-11-6-7-15-25(21)27(32)31-26(17-20-10-8-12-22(16-20)19(2)3)28(33)30-24-14-9-13-23(18-24)29(34)35-4;1-6-29-23(28)22-15(5)14(4)9-19(22)25-21(27)11-18-20(26)10-16-7-12(2)13(3)8-17(16)24-18;1-15-4-7-18(8-5-15)14-22-23-11-10-20(24-22)21(25)13-19-9-6-16(2)17(3)12-19/h6-18H,2,5H2,1,3-4H3,(H,30,33)(H,31,32);7-8,18,24H,6,9-11H2,1-5H3,(H,25,27);4-9,12,20H,10-11,13-14H2,1-3H3,(H,23,24)/b26-17+;;. The highest BCUT2D eigenvalue weighted by molar-refractivity contribution is 6.11. The molecule has 0 spiro atoms. The summed E-state index contributed by atoms with van der Waals surface area (Å²) in [5.74, 6) is -0.983. The Morgan fingerprint density at radius 1 is 0.719 bits per heavy atom. The Kier molecular flexibility index (Phi) is 23.4. The molecular weight excluding hydrogens is 1120 g/mol. The number of esters is 2. The molecule has 0 bridgehead atoms. The molecule has 0 fully saturated rings. The lowest BCUT2D eigenvalue weighted by molar-refractivity contribution is -0.138. The molecule has 462 valence electrons. The summed E-state index contributed by atoms with van der Waals surface area (Å²) in [6.07, 6.45) is 5.14. The highest BCUT2D eigenvalue weighted by Crippen LogP contribution is 2.32. The Morgan fingerprint density at radius 2 is 1.42 bits per heavy atom. The van der Waals surface area contributed by atoms with E-state index in [1.807, 2.05) is 90.1 Å². The van der Waals surface area contributed by atoms with Crippen LogP contribution in [0.4, 0.5) is 11.4 Å². The first kappa shape index (κ1) is 66.8. The van der Waals surface area contributed by atoms with Gasteiger partial charge in [-0.1, -0.05) is 121 Å². The summed E-state index contributed by atoms with van der Waals surface area (Å²) in [5, 5.41) is 15.0. The molecule has 2 aliphatic heterocycles. The quantitative estimate of drug-likeness (QED) is 0.0404. The number of ketones is 2. The van der Waals surface area contributed by atoms with Crippen LogP contribution in [-0.4, -0.2) is 79.4 Å². The predicted molar refractivity (Wildman–Crippen MR) is 354 cm³/mol. The number of hydrogen-bond donors (Lipinski definition) is 5. The third-order valence-corrected chi connectivity index (χ3v) is 16.0. The van der Waals surface area contributed by atoms with Gasteiger partial charge in [0.1, 0.15) is 11.5 Å². The minimum atomic E-state index is -0.576. The van der Waals surface area contributed by atoms with Crippen LogP contribution < -0.4 is 26.6 Å². The SMILES string of the molecule is C=C(C)c1cccc(/C=C(/NC(=O)c2ccccc2CC)C(=O)Nc2cccc(C(=O)OC)c2)c1.CCOC(=O)C1=C(NC(=O)CC2Nc3cc(C)c(C)cc3CC2=O)CC(C)=C1C.Cc1ccc(CC2=NCCC(C(=O)Cc3ccc(C)c(C)c3)N2)cc1. The number of allylic oxidation sites excluding steroid dienone is 2. The number of Topliss-reactive ketones (excluding diaryl/α,β-unsaturated/α-hetero) is 2. The Bertz CT molecular complexity index is 3830. The average molecular weight is 1200 g/mol. The summed E-state index contributed by atoms with van der Waals surface area (Å²) in [7, 11) is 1.29. The lowest BCUT2D eigenvalue weighted by Crippen LogP contribution is -2.45. The molecule has 1 aliphatic carbocycles. The van der Waals surface area contributed by atoms with Gasteiger partial charge in [0.25, 0.3) is 11.8 Å². The number of fused-ring (bicyclic) bond motifs is 1. The molecule has 0 saturated heterocycles. The molecule has 2 unspecified atom stereocenters. The molecule has 2 heterocycles. The van der Waals surface area contributed by atoms with E-state index >= 15 is 0 Å². The van der Waals surface area contributed by atoms with E-state index in [0.717, 1.165) is 86.6 Å². The molecular formula is C74H82N6O9. The van der Waals surface area contributed by atoms with E-state index in [4.69, 9.17) is 9.47 Å². The van der Waals surface area contributed by atoms with Crippen LogP contribution in [0.15, 0.2) is 167 Å². The highest BCUT2D eigenvalue weighted by atomic mass is 16.5. The second-order valence-electron chi connectivity index (χ2n) is 22.8. The van der Waals surface area contributed by atoms with Gasteiger partial charge in [-0.2, -0.15) is 0 Å². The molecule has 0 radical (unpaired) electrons. The van der Waals surface area contributed by atoms with Crippen molar-refractivity contribution in [1.82, 2.24) is 16.0 Å². The van der Waals surface area contributed by atoms with Crippen LogP contribution in [0.1, 0.15) is 136 Å². The fourth-order valence-corrected chi connectivity index (χ4v) is 10.4. The van der Waals surface area contributed by atoms with Crippen LogP contribution in [-0.2, 0) is 59.1 Å². The highest BCUT2D eigenvalue weighted by Gasteiger charge is 2.31. The van der Waals surface area contributed by atoms with Crippen LogP contribution in [0.3, 0.4) is 0 Å². The van der Waals surface area contributed by atoms with E-state index in [-0.39, 0.29) is 48.1 Å². The molecule has 3 amide bonds. The smallest absolute Gasteiger partial charge is 0.340 e. The Balaban J connectivity index is 0.000000193. The molecule has 15 heteroatoms. The first-order chi connectivity index (χ1) is 42.5. The summed E-state index contributed by atoms with van der Waals surface area (Å²) in [4.78, 5) is 93.1. The molecule has 6 aromatic carbocycles. The number of aryl methyl sites for hydroxylation is 6. The van der Waals surface area contributed by atoms with Gasteiger partial charge in [-0.25, -0.2) is 9.59 Å². The van der Waals surface area contributed by atoms with Gasteiger partial charge >= 0.3 is 11.9 Å². The van der Waals surface area contributed by atoms with E-state index in [1.165, 1.54) is 35.4 Å². The number of carbonyl (C=O) groups excluding carboxylic acids is 7. The predicted octanol–water partition coefficient (Wildman–Crippen LogP) is 12.5. The van der Waals surface area contributed by atoms with Crippen molar-refractivity contribution in [3.05, 3.63) is 234 Å². The van der Waals surface area contributed by atoms with Crippen molar-refractivity contribution in [1.29, 1.82) is 0 Å². The summed E-state index contributed by atoms with van der Waals surface area (Å²) < 4.78 is 9.88. The number of rotatable bonds is 18. The van der Waals surface area contributed by atoms with Gasteiger partial charge in [0.05, 0.1) is 43.4 Å². The fraction of sp³-hybridized carbons (Fsp3) is 0.297. The number of hydrogen-bond acceptors (Lipinski definition) is 12. The summed E-state index contributed by atoms with van der Waals surface area (Å²) in [5.41, 5.74) is 17.7. The second-order valence-corrected chi connectivity index (χ2v) is 22.8. The lowest BCUT2D eigenvalue weighted by Gasteiger charge is -2.26. The van der Waals surface area contributed by atoms with E-state index in [1.54, 1.807) is 43.3 Å². The third-order valence-electron chi connectivity index (χ3n) is 16.0. The average Bonchev–Trinajstić information content (AvgIpc) is 2.40. The second kappa shape index (κ2) is 31.2. The van der Waals surface area contributed by atoms with Crippen molar-refractivity contribution in [3.63, 3.8) is 0 Å². The zero-order valence-electron chi connectivity index (χ0n) is 53.0. The van der Waals surface area contributed by atoms with Crippen molar-refractivity contribution in [2.45, 2.75) is 126 Å². The first-order valence-electron chi connectivity index (χ1n) is 30.1. The monoisotopic (exact) mass is 1200 g/mol. The Labute approximate surface area is 523 Å². The normalized spacial score (nSPS) is 15.1. The number of nitrogens with zero attached hydrogens (tertiary/aromatic N) is 1. The summed E-state index contributed by atoms with van der Waals surface area (Å²) in [6.45, 7) is 24.7. The molecule has 89 heavy (non-hydrogen) atoms. The summed E-state index contributed by atoms with van der Waals surface area (Å²) in [6, 6.07) is 39.3. The van der Waals surface area contributed by atoms with Crippen molar-refractivity contribution >= 4 is 70.1 Å². The number of nitrogens with one attached hydrogen (secondary N) is 5. The summed E-state index contributed by atoms with van der Waals surface area (Å²) >= 11 is 0. The van der Waals surface area contributed by atoms with Gasteiger partial charge in [0.2, 0.25) is 5.91 Å². The van der Waals surface area contributed by atoms with Crippen LogP contribution in [0.5, 0.6) is 0 Å². The maximum atomic E-state index is 13.3. The van der Waals surface area contributed by atoms with Crippen molar-refractivity contribution in [3.8, 4) is 0 Å². The number of aliphatic imine (C=N–C) groups is 1. The van der Waals surface area contributed by atoms with Crippen molar-refractivity contribution in [2.75, 3.05) is 30.9 Å². The number of anilines is 2. The van der Waals surface area contributed by atoms with Crippen LogP contribution in [0.25, 0.3) is 11.6 Å². The van der Waals surface area contributed by atoms with Gasteiger partial charge in [-0.15, -0.1) is 0 Å². The van der Waals surface area contributed by atoms with Gasteiger partial charge in [-0.05, 0) is 179 Å². The van der Waals surface area contributed by atoms with Gasteiger partial charge < -0.3 is 36.1 Å². The third kappa shape index (κ3) is 18.4. The minimum Gasteiger partial charge on any atom is -0.465 e. The zero-order chi connectivity index (χ0) is 64.5. The number of amides is 3. The lowest BCUT2D eigenvalue weighted by atomic mass is 9.92. The van der Waals surface area contributed by atoms with Gasteiger partial charge in [0, 0.05) is 54.9 Å². The van der Waals surface area contributed by atoms with E-state index in [0.29, 0.717) is 53.8 Å². The molecule has 0 aromatic heterocycles. The van der Waals surface area contributed by atoms with Crippen LogP contribution >= 0.6 is 0 Å². The number of amidine groups is 1. The molecule has 0 saturated carbocycles. The number of methoxy groups -OCH3 is 1. The van der Waals surface area contributed by atoms with Gasteiger partial charge in [0.15, 0.2) is 11.6 Å². The molecule has 5 N–H and O–H groups in total. The molecule has 15 nitrogen and oxygen atoms in total. The fourth-order valence-electron chi connectivity index (χ4n) is 10.4. The number of benzene rings is 6. The van der Waals surface area contributed by atoms with E-state index in [2.05, 4.69) is 101 Å². The molecule has 6 aromatic rings. The maximum Gasteiger partial charge on any atom is 0.340 e. The maximum absolute atomic E-state index is 13.3. The van der Waals surface area contributed by atoms with E-state index in [9.17, 15) is 33.6 Å². The van der Waals surface area contributed by atoms with Crippen LogP contribution in [0.2, 0.25) is 0 Å². The van der Waals surface area contributed by atoms with Crippen molar-refractivity contribution in [2.24, 2.45) is 4.99 Å². The molecule has 2 atom stereocenters. The number of ether oxygens (including phenoxy) is 2. The first-order valence-corrected chi connectivity index (χ1v) is 30.1. The minimum absolute atomic E-state index is 0.00703. The Morgan fingerprint density at radius 3 is 2.12 bits per heavy atom. The van der Waals surface area contributed by atoms with Crippen molar-refractivity contribution < 1.29 is 43.0 Å². The number of carbonyl (C=O) groups is 7. The molecule has 9 rings (SSSR count). The largest absolute Gasteiger partial charge is 0.465 e. The Hall–Kier alpha value is -9.76. The van der Waals surface area contributed by atoms with Crippen LogP contribution in [0, 0.1) is 34.6 Å². The van der Waals surface area contributed by atoms with E-state index < -0.39 is 23.9 Å². The topological polar surface area (TPSA) is 210 Å². The van der Waals surface area contributed by atoms with Gasteiger partial charge in [-0.3, -0.25) is 29.0 Å². The zero-order valence-corrected chi connectivity index (χ0v) is 53.0. The molecule has 3 aliphatic rings.